The van der Waals surface area contributed by atoms with E-state index < -0.39 is 0 Å². The van der Waals surface area contributed by atoms with E-state index in [1.807, 2.05) is 25.3 Å². The number of nitrogens with one attached hydrogen (secondary N) is 2. The van der Waals surface area contributed by atoms with E-state index in [2.05, 4.69) is 29.5 Å². The second kappa shape index (κ2) is 8.75. The summed E-state index contributed by atoms with van der Waals surface area (Å²) in [4.78, 5) is 16.3. The van der Waals surface area contributed by atoms with Gasteiger partial charge in [-0.05, 0) is 51.0 Å². The van der Waals surface area contributed by atoms with Crippen molar-refractivity contribution in [1.82, 2.24) is 15.6 Å². The van der Waals surface area contributed by atoms with Gasteiger partial charge in [0.15, 0.2) is 0 Å². The van der Waals surface area contributed by atoms with Crippen LogP contribution < -0.4 is 15.4 Å². The fourth-order valence-electron chi connectivity index (χ4n) is 2.92. The van der Waals surface area contributed by atoms with Gasteiger partial charge in [-0.2, -0.15) is 0 Å². The number of carbonyl (C=O) groups excluding carboxylic acids is 1. The van der Waals surface area contributed by atoms with Crippen LogP contribution in [0.2, 0.25) is 0 Å². The lowest BCUT2D eigenvalue weighted by molar-refractivity contribution is 0.134. The number of amides is 2. The third kappa shape index (κ3) is 5.73. The van der Waals surface area contributed by atoms with Gasteiger partial charge in [-0.25, -0.2) is 9.78 Å². The Balaban J connectivity index is 1.71. The lowest BCUT2D eigenvalue weighted by atomic mass is 9.93. The molecule has 0 unspecified atom stereocenters. The highest BCUT2D eigenvalue weighted by Crippen LogP contribution is 2.23. The van der Waals surface area contributed by atoms with Crippen LogP contribution in [0, 0.1) is 6.92 Å². The SMILES string of the molecule is CCC(CC)NC(=O)NC1CCC(Oc2ccc(C)cn2)CC1. The summed E-state index contributed by atoms with van der Waals surface area (Å²) in [7, 11) is 0. The first-order chi connectivity index (χ1) is 11.1. The highest BCUT2D eigenvalue weighted by atomic mass is 16.5. The summed E-state index contributed by atoms with van der Waals surface area (Å²) >= 11 is 0. The number of urea groups is 1. The summed E-state index contributed by atoms with van der Waals surface area (Å²) in [5.74, 6) is 0.693. The molecule has 23 heavy (non-hydrogen) atoms. The molecule has 1 heterocycles. The summed E-state index contributed by atoms with van der Waals surface area (Å²) in [5.41, 5.74) is 1.13. The van der Waals surface area contributed by atoms with Gasteiger partial charge in [0, 0.05) is 24.3 Å². The van der Waals surface area contributed by atoms with Crippen LogP contribution in [0.15, 0.2) is 18.3 Å². The van der Waals surface area contributed by atoms with Crippen molar-refractivity contribution < 1.29 is 9.53 Å². The summed E-state index contributed by atoms with van der Waals surface area (Å²) < 4.78 is 5.92. The number of rotatable bonds is 6. The molecule has 1 aromatic heterocycles. The molecule has 1 aliphatic carbocycles. The van der Waals surface area contributed by atoms with Crippen molar-refractivity contribution in [1.29, 1.82) is 0 Å². The van der Waals surface area contributed by atoms with Crippen LogP contribution in [0.4, 0.5) is 4.79 Å². The number of carbonyl (C=O) groups is 1. The highest BCUT2D eigenvalue weighted by Gasteiger charge is 2.24. The van der Waals surface area contributed by atoms with Crippen molar-refractivity contribution in [3.8, 4) is 5.88 Å². The van der Waals surface area contributed by atoms with Crippen molar-refractivity contribution >= 4 is 6.03 Å². The quantitative estimate of drug-likeness (QED) is 0.842. The zero-order chi connectivity index (χ0) is 16.7. The Bertz CT molecular complexity index is 478. The van der Waals surface area contributed by atoms with Gasteiger partial charge in [0.05, 0.1) is 0 Å². The Morgan fingerprint density at radius 3 is 2.52 bits per heavy atom. The minimum Gasteiger partial charge on any atom is -0.474 e. The van der Waals surface area contributed by atoms with E-state index in [0.717, 1.165) is 44.1 Å². The molecule has 1 aromatic rings. The molecule has 0 aliphatic heterocycles. The van der Waals surface area contributed by atoms with Crippen molar-refractivity contribution in [3.05, 3.63) is 23.9 Å². The molecule has 1 fully saturated rings. The molecule has 5 nitrogen and oxygen atoms in total. The average Bonchev–Trinajstić information content (AvgIpc) is 2.56. The van der Waals surface area contributed by atoms with Crippen molar-refractivity contribution in [2.24, 2.45) is 0 Å². The van der Waals surface area contributed by atoms with Gasteiger partial charge in [-0.1, -0.05) is 19.9 Å². The molecule has 0 spiro atoms. The molecule has 1 aliphatic rings. The van der Waals surface area contributed by atoms with Gasteiger partial charge in [0.25, 0.3) is 0 Å². The molecular weight excluding hydrogens is 290 g/mol. The van der Waals surface area contributed by atoms with Crippen LogP contribution >= 0.6 is 0 Å². The van der Waals surface area contributed by atoms with E-state index in [1.165, 1.54) is 0 Å². The number of ether oxygens (including phenoxy) is 1. The standard InChI is InChI=1S/C18H29N3O2/c1-4-14(5-2)20-18(22)21-15-7-9-16(10-8-15)23-17-11-6-13(3)12-19-17/h6,11-12,14-16H,4-5,7-10H2,1-3H3,(H2,20,21,22). The maximum atomic E-state index is 12.0. The van der Waals surface area contributed by atoms with E-state index in [9.17, 15) is 4.79 Å². The number of hydrogen-bond acceptors (Lipinski definition) is 3. The van der Waals surface area contributed by atoms with Gasteiger partial charge in [-0.15, -0.1) is 0 Å². The summed E-state index contributed by atoms with van der Waals surface area (Å²) in [5, 5.41) is 6.12. The molecule has 0 radical (unpaired) electrons. The zero-order valence-corrected chi connectivity index (χ0v) is 14.5. The predicted molar refractivity (Wildman–Crippen MR) is 91.7 cm³/mol. The largest absolute Gasteiger partial charge is 0.474 e. The van der Waals surface area contributed by atoms with Crippen molar-refractivity contribution in [2.45, 2.75) is 77.5 Å². The van der Waals surface area contributed by atoms with E-state index >= 15 is 0 Å². The number of aromatic nitrogens is 1. The van der Waals surface area contributed by atoms with Gasteiger partial charge in [0.2, 0.25) is 5.88 Å². The minimum absolute atomic E-state index is 0.0386. The molecule has 2 N–H and O–H groups in total. The van der Waals surface area contributed by atoms with Gasteiger partial charge >= 0.3 is 6.03 Å². The van der Waals surface area contributed by atoms with Crippen molar-refractivity contribution in [2.75, 3.05) is 0 Å². The van der Waals surface area contributed by atoms with Crippen LogP contribution in [0.3, 0.4) is 0 Å². The number of pyridine rings is 1. The summed E-state index contributed by atoms with van der Waals surface area (Å²) in [6.45, 7) is 6.20. The Hall–Kier alpha value is -1.78. The molecule has 5 heteroatoms. The predicted octanol–water partition coefficient (Wildman–Crippen LogP) is 3.57. The molecule has 128 valence electrons. The number of nitrogens with zero attached hydrogens (tertiary/aromatic N) is 1. The molecule has 2 amide bonds. The first kappa shape index (κ1) is 17.6. The normalized spacial score (nSPS) is 21.0. The molecule has 0 saturated heterocycles. The van der Waals surface area contributed by atoms with Crippen LogP contribution in [0.25, 0.3) is 0 Å². The maximum Gasteiger partial charge on any atom is 0.315 e. The van der Waals surface area contributed by atoms with Crippen molar-refractivity contribution in [3.63, 3.8) is 0 Å². The number of hydrogen-bond donors (Lipinski definition) is 2. The van der Waals surface area contributed by atoms with E-state index in [4.69, 9.17) is 4.74 Å². The second-order valence-corrected chi connectivity index (χ2v) is 6.40. The summed E-state index contributed by atoms with van der Waals surface area (Å²) in [6, 6.07) is 4.40. The molecule has 0 bridgehead atoms. The number of aryl methyl sites for hydroxylation is 1. The van der Waals surface area contributed by atoms with Crippen LogP contribution in [-0.2, 0) is 0 Å². The molecule has 0 aromatic carbocycles. The van der Waals surface area contributed by atoms with Crippen LogP contribution in [-0.4, -0.2) is 29.2 Å². The second-order valence-electron chi connectivity index (χ2n) is 6.40. The average molecular weight is 319 g/mol. The first-order valence-corrected chi connectivity index (χ1v) is 8.77. The molecule has 2 rings (SSSR count). The fraction of sp³-hybridized carbons (Fsp3) is 0.667. The van der Waals surface area contributed by atoms with Gasteiger partial charge < -0.3 is 15.4 Å². The van der Waals surface area contributed by atoms with Crippen LogP contribution in [0.5, 0.6) is 5.88 Å². The zero-order valence-electron chi connectivity index (χ0n) is 14.5. The van der Waals surface area contributed by atoms with E-state index in [1.54, 1.807) is 0 Å². The third-order valence-corrected chi connectivity index (χ3v) is 4.50. The maximum absolute atomic E-state index is 12.0. The molecule has 1 saturated carbocycles. The van der Waals surface area contributed by atoms with Gasteiger partial charge in [0.1, 0.15) is 6.10 Å². The topological polar surface area (TPSA) is 63.2 Å². The smallest absolute Gasteiger partial charge is 0.315 e. The Morgan fingerprint density at radius 2 is 1.96 bits per heavy atom. The highest BCUT2D eigenvalue weighted by molar-refractivity contribution is 5.74. The lowest BCUT2D eigenvalue weighted by Crippen LogP contribution is -2.47. The van der Waals surface area contributed by atoms with Gasteiger partial charge in [-0.3, -0.25) is 0 Å². The third-order valence-electron chi connectivity index (χ3n) is 4.50. The Morgan fingerprint density at radius 1 is 1.26 bits per heavy atom. The van der Waals surface area contributed by atoms with Crippen LogP contribution in [0.1, 0.15) is 57.9 Å². The fourth-order valence-corrected chi connectivity index (χ4v) is 2.92. The first-order valence-electron chi connectivity index (χ1n) is 8.77. The summed E-state index contributed by atoms with van der Waals surface area (Å²) in [6.07, 6.45) is 7.76. The molecular formula is C18H29N3O2. The van der Waals surface area contributed by atoms with E-state index in [0.29, 0.717) is 5.88 Å². The monoisotopic (exact) mass is 319 g/mol. The minimum atomic E-state index is -0.0386. The lowest BCUT2D eigenvalue weighted by Gasteiger charge is -2.29. The van der Waals surface area contributed by atoms with E-state index in [-0.39, 0.29) is 24.2 Å². The molecule has 0 atom stereocenters. The Kier molecular flexibility index (Phi) is 6.68. The Labute approximate surface area is 139 Å².